The minimum Gasteiger partial charge on any atom is -0.375 e. The lowest BCUT2D eigenvalue weighted by Gasteiger charge is -2.18. The van der Waals surface area contributed by atoms with Gasteiger partial charge in [-0.2, -0.15) is 0 Å². The summed E-state index contributed by atoms with van der Waals surface area (Å²) >= 11 is 0. The third kappa shape index (κ3) is 2.50. The van der Waals surface area contributed by atoms with E-state index in [0.717, 1.165) is 6.54 Å². The number of rotatable bonds is 4. The maximum Gasteiger partial charge on any atom is 0.0363 e. The zero-order valence-electron chi connectivity index (χ0n) is 9.75. The Hall–Kier alpha value is -0.980. The van der Waals surface area contributed by atoms with Crippen molar-refractivity contribution in [2.45, 2.75) is 33.1 Å². The van der Waals surface area contributed by atoms with Gasteiger partial charge in [-0.05, 0) is 37.0 Å². The Balaban J connectivity index is 2.78. The van der Waals surface area contributed by atoms with E-state index in [1.807, 2.05) is 0 Å². The molecule has 1 nitrogen and oxygen atoms in total. The van der Waals surface area contributed by atoms with Crippen LogP contribution in [0.15, 0.2) is 24.3 Å². The second kappa shape index (κ2) is 5.04. The first-order valence-electron chi connectivity index (χ1n) is 5.50. The van der Waals surface area contributed by atoms with Crippen molar-refractivity contribution in [2.24, 2.45) is 0 Å². The number of hydrogen-bond donors (Lipinski definition) is 0. The Morgan fingerprint density at radius 2 is 1.71 bits per heavy atom. The van der Waals surface area contributed by atoms with Gasteiger partial charge in [-0.1, -0.05) is 26.0 Å². The summed E-state index contributed by atoms with van der Waals surface area (Å²) in [5, 5.41) is 0. The normalized spacial score (nSPS) is 12.6. The lowest BCUT2D eigenvalue weighted by atomic mass is 9.98. The Bertz CT molecular complexity index is 234. The lowest BCUT2D eigenvalue weighted by Crippen LogP contribution is -2.15. The third-order valence-electron chi connectivity index (χ3n) is 2.99. The molecule has 78 valence electrons. The molecule has 0 radical (unpaired) electrons. The van der Waals surface area contributed by atoms with Crippen LogP contribution < -0.4 is 4.90 Å². The molecule has 0 saturated heterocycles. The van der Waals surface area contributed by atoms with E-state index in [2.05, 4.69) is 57.0 Å². The summed E-state index contributed by atoms with van der Waals surface area (Å²) in [5.41, 5.74) is 2.75. The Labute approximate surface area is 87.7 Å². The Morgan fingerprint density at radius 1 is 1.14 bits per heavy atom. The second-order valence-electron chi connectivity index (χ2n) is 3.92. The molecule has 0 bridgehead atoms. The Kier molecular flexibility index (Phi) is 3.99. The summed E-state index contributed by atoms with van der Waals surface area (Å²) in [6, 6.07) is 8.92. The first kappa shape index (κ1) is 11.1. The van der Waals surface area contributed by atoms with Crippen LogP contribution >= 0.6 is 0 Å². The van der Waals surface area contributed by atoms with Crippen molar-refractivity contribution in [3.63, 3.8) is 0 Å². The zero-order chi connectivity index (χ0) is 10.6. The van der Waals surface area contributed by atoms with E-state index < -0.39 is 0 Å². The minimum absolute atomic E-state index is 0.677. The van der Waals surface area contributed by atoms with Gasteiger partial charge in [-0.25, -0.2) is 0 Å². The topological polar surface area (TPSA) is 3.24 Å². The van der Waals surface area contributed by atoms with E-state index >= 15 is 0 Å². The van der Waals surface area contributed by atoms with Crippen molar-refractivity contribution < 1.29 is 0 Å². The quantitative estimate of drug-likeness (QED) is 0.702. The predicted molar refractivity (Wildman–Crippen MR) is 64.1 cm³/mol. The molecule has 14 heavy (non-hydrogen) atoms. The summed E-state index contributed by atoms with van der Waals surface area (Å²) in [7, 11) is 2.12. The van der Waals surface area contributed by atoms with E-state index in [1.54, 1.807) is 0 Å². The highest BCUT2D eigenvalue weighted by Gasteiger charge is 2.03. The maximum absolute atomic E-state index is 2.28. The summed E-state index contributed by atoms with van der Waals surface area (Å²) in [5.74, 6) is 0.677. The van der Waals surface area contributed by atoms with E-state index in [9.17, 15) is 0 Å². The van der Waals surface area contributed by atoms with Crippen LogP contribution in [0.2, 0.25) is 0 Å². The van der Waals surface area contributed by atoms with Gasteiger partial charge >= 0.3 is 0 Å². The molecule has 1 atom stereocenters. The standard InChI is InChI=1S/C13H21N/c1-5-11(3)12-7-9-13(10-8-12)14(4)6-2/h7-11H,5-6H2,1-4H3. The fraction of sp³-hybridized carbons (Fsp3) is 0.538. The van der Waals surface area contributed by atoms with Crippen LogP contribution in [0.3, 0.4) is 0 Å². The lowest BCUT2D eigenvalue weighted by molar-refractivity contribution is 0.733. The van der Waals surface area contributed by atoms with Gasteiger partial charge in [-0.15, -0.1) is 0 Å². The first-order valence-corrected chi connectivity index (χ1v) is 5.50. The number of hydrogen-bond acceptors (Lipinski definition) is 1. The van der Waals surface area contributed by atoms with Gasteiger partial charge < -0.3 is 4.90 Å². The van der Waals surface area contributed by atoms with E-state index in [-0.39, 0.29) is 0 Å². The van der Waals surface area contributed by atoms with E-state index in [1.165, 1.54) is 17.7 Å². The van der Waals surface area contributed by atoms with Crippen LogP contribution in [0.25, 0.3) is 0 Å². The first-order chi connectivity index (χ1) is 6.69. The van der Waals surface area contributed by atoms with Gasteiger partial charge in [0.2, 0.25) is 0 Å². The van der Waals surface area contributed by atoms with E-state index in [0.29, 0.717) is 5.92 Å². The van der Waals surface area contributed by atoms with Gasteiger partial charge in [0.1, 0.15) is 0 Å². The predicted octanol–water partition coefficient (Wildman–Crippen LogP) is 3.66. The van der Waals surface area contributed by atoms with Crippen molar-refractivity contribution in [3.05, 3.63) is 29.8 Å². The third-order valence-corrected chi connectivity index (χ3v) is 2.99. The molecule has 1 aromatic carbocycles. The average molecular weight is 191 g/mol. The molecular weight excluding hydrogens is 170 g/mol. The molecule has 0 aliphatic heterocycles. The molecule has 1 rings (SSSR count). The highest BCUT2D eigenvalue weighted by Crippen LogP contribution is 2.21. The molecule has 0 aliphatic rings. The molecule has 1 unspecified atom stereocenters. The fourth-order valence-electron chi connectivity index (χ4n) is 1.48. The van der Waals surface area contributed by atoms with Crippen LogP contribution in [0, 0.1) is 0 Å². The van der Waals surface area contributed by atoms with Crippen molar-refractivity contribution in [2.75, 3.05) is 18.5 Å². The second-order valence-corrected chi connectivity index (χ2v) is 3.92. The fourth-order valence-corrected chi connectivity index (χ4v) is 1.48. The highest BCUT2D eigenvalue weighted by molar-refractivity contribution is 5.47. The highest BCUT2D eigenvalue weighted by atomic mass is 15.1. The maximum atomic E-state index is 2.28. The number of nitrogens with zero attached hydrogens (tertiary/aromatic N) is 1. The molecular formula is C13H21N. The minimum atomic E-state index is 0.677. The molecule has 0 spiro atoms. The number of benzene rings is 1. The molecule has 0 N–H and O–H groups in total. The molecule has 0 fully saturated rings. The molecule has 0 heterocycles. The van der Waals surface area contributed by atoms with Gasteiger partial charge in [0.25, 0.3) is 0 Å². The molecule has 0 amide bonds. The van der Waals surface area contributed by atoms with Crippen molar-refractivity contribution >= 4 is 5.69 Å². The van der Waals surface area contributed by atoms with Gasteiger partial charge in [-0.3, -0.25) is 0 Å². The smallest absolute Gasteiger partial charge is 0.0363 e. The van der Waals surface area contributed by atoms with Crippen LogP contribution in [0.5, 0.6) is 0 Å². The van der Waals surface area contributed by atoms with Crippen LogP contribution in [0.1, 0.15) is 38.7 Å². The average Bonchev–Trinajstić information content (AvgIpc) is 2.27. The molecule has 1 aromatic rings. The summed E-state index contributed by atoms with van der Waals surface area (Å²) in [4.78, 5) is 2.25. The summed E-state index contributed by atoms with van der Waals surface area (Å²) in [6.07, 6.45) is 1.21. The largest absolute Gasteiger partial charge is 0.375 e. The van der Waals surface area contributed by atoms with Crippen LogP contribution in [0.4, 0.5) is 5.69 Å². The van der Waals surface area contributed by atoms with Crippen molar-refractivity contribution in [1.29, 1.82) is 0 Å². The molecule has 1 heteroatoms. The van der Waals surface area contributed by atoms with Gasteiger partial charge in [0.15, 0.2) is 0 Å². The molecule has 0 aromatic heterocycles. The van der Waals surface area contributed by atoms with E-state index in [4.69, 9.17) is 0 Å². The molecule has 0 saturated carbocycles. The summed E-state index contributed by atoms with van der Waals surface area (Å²) < 4.78 is 0. The Morgan fingerprint density at radius 3 is 2.14 bits per heavy atom. The van der Waals surface area contributed by atoms with Crippen LogP contribution in [-0.2, 0) is 0 Å². The zero-order valence-corrected chi connectivity index (χ0v) is 9.75. The van der Waals surface area contributed by atoms with Gasteiger partial charge in [0.05, 0.1) is 0 Å². The van der Waals surface area contributed by atoms with Crippen LogP contribution in [-0.4, -0.2) is 13.6 Å². The van der Waals surface area contributed by atoms with Crippen molar-refractivity contribution in [3.8, 4) is 0 Å². The SMILES string of the molecule is CCC(C)c1ccc(N(C)CC)cc1. The number of anilines is 1. The summed E-state index contributed by atoms with van der Waals surface area (Å²) in [6.45, 7) is 7.74. The monoisotopic (exact) mass is 191 g/mol. The molecule has 0 aliphatic carbocycles. The van der Waals surface area contributed by atoms with Crippen molar-refractivity contribution in [1.82, 2.24) is 0 Å². The van der Waals surface area contributed by atoms with Gasteiger partial charge in [0, 0.05) is 19.3 Å².